The fourth-order valence-electron chi connectivity index (χ4n) is 1.70. The standard InChI is InChI=1S/C14H22N2O2.ClH/c1-10(9-16(3)4)11(2)18-14(17)12-5-7-13(15)8-6-12;/h5-8,10-11H,9,15H2,1-4H3;1H. The van der Waals surface area contributed by atoms with Gasteiger partial charge < -0.3 is 15.4 Å². The minimum atomic E-state index is -0.298. The average Bonchev–Trinajstić information content (AvgIpc) is 2.28. The van der Waals surface area contributed by atoms with Crippen LogP contribution < -0.4 is 5.73 Å². The number of esters is 1. The van der Waals surface area contributed by atoms with Crippen LogP contribution in [0.25, 0.3) is 0 Å². The van der Waals surface area contributed by atoms with Crippen molar-refractivity contribution < 1.29 is 9.53 Å². The van der Waals surface area contributed by atoms with E-state index in [1.54, 1.807) is 24.3 Å². The van der Waals surface area contributed by atoms with Gasteiger partial charge in [-0.15, -0.1) is 12.4 Å². The molecule has 0 bridgehead atoms. The number of benzene rings is 1. The summed E-state index contributed by atoms with van der Waals surface area (Å²) >= 11 is 0. The van der Waals surface area contributed by atoms with Gasteiger partial charge in [0.25, 0.3) is 0 Å². The van der Waals surface area contributed by atoms with E-state index in [0.29, 0.717) is 11.3 Å². The van der Waals surface area contributed by atoms with Crippen molar-refractivity contribution in [2.24, 2.45) is 5.92 Å². The summed E-state index contributed by atoms with van der Waals surface area (Å²) in [4.78, 5) is 14.0. The number of carbonyl (C=O) groups excluding carboxylic acids is 1. The van der Waals surface area contributed by atoms with Gasteiger partial charge in [0.05, 0.1) is 5.56 Å². The average molecular weight is 287 g/mol. The molecule has 0 heterocycles. The predicted molar refractivity (Wildman–Crippen MR) is 80.7 cm³/mol. The van der Waals surface area contributed by atoms with Crippen molar-refractivity contribution in [2.75, 3.05) is 26.4 Å². The van der Waals surface area contributed by atoms with Crippen LogP contribution in [0.15, 0.2) is 24.3 Å². The summed E-state index contributed by atoms with van der Waals surface area (Å²) in [5.41, 5.74) is 6.75. The highest BCUT2D eigenvalue weighted by atomic mass is 35.5. The molecule has 108 valence electrons. The zero-order valence-electron chi connectivity index (χ0n) is 11.9. The van der Waals surface area contributed by atoms with Gasteiger partial charge in [0.1, 0.15) is 6.10 Å². The fraction of sp³-hybridized carbons (Fsp3) is 0.500. The minimum Gasteiger partial charge on any atom is -0.459 e. The number of halogens is 1. The first-order valence-electron chi connectivity index (χ1n) is 6.11. The molecule has 0 aromatic heterocycles. The molecule has 0 spiro atoms. The zero-order chi connectivity index (χ0) is 13.7. The molecule has 0 saturated heterocycles. The minimum absolute atomic E-state index is 0. The molecule has 2 unspecified atom stereocenters. The van der Waals surface area contributed by atoms with Crippen molar-refractivity contribution in [3.63, 3.8) is 0 Å². The van der Waals surface area contributed by atoms with Crippen LogP contribution in [-0.2, 0) is 4.74 Å². The van der Waals surface area contributed by atoms with E-state index < -0.39 is 0 Å². The third-order valence-corrected chi connectivity index (χ3v) is 2.89. The van der Waals surface area contributed by atoms with Gasteiger partial charge in [-0.25, -0.2) is 4.79 Å². The van der Waals surface area contributed by atoms with Crippen LogP contribution in [0.2, 0.25) is 0 Å². The second-order valence-electron chi connectivity index (χ2n) is 4.97. The Morgan fingerprint density at radius 1 is 1.26 bits per heavy atom. The summed E-state index contributed by atoms with van der Waals surface area (Å²) in [5.74, 6) is -0.00848. The second kappa shape index (κ2) is 8.02. The molecule has 0 aliphatic heterocycles. The molecule has 2 N–H and O–H groups in total. The highest BCUT2D eigenvalue weighted by molar-refractivity contribution is 5.89. The predicted octanol–water partition coefficient (Wildman–Crippen LogP) is 2.43. The SMILES string of the molecule is CC(CN(C)C)C(C)OC(=O)c1ccc(N)cc1.Cl. The molecule has 0 amide bonds. The van der Waals surface area contributed by atoms with Crippen molar-refractivity contribution in [3.8, 4) is 0 Å². The Kier molecular flexibility index (Phi) is 7.49. The summed E-state index contributed by atoms with van der Waals surface area (Å²) in [6, 6.07) is 6.76. The maximum atomic E-state index is 11.9. The highest BCUT2D eigenvalue weighted by Crippen LogP contribution is 2.12. The number of hydrogen-bond donors (Lipinski definition) is 1. The van der Waals surface area contributed by atoms with Crippen molar-refractivity contribution in [2.45, 2.75) is 20.0 Å². The van der Waals surface area contributed by atoms with Crippen molar-refractivity contribution >= 4 is 24.1 Å². The maximum absolute atomic E-state index is 11.9. The van der Waals surface area contributed by atoms with E-state index in [9.17, 15) is 4.79 Å². The lowest BCUT2D eigenvalue weighted by molar-refractivity contribution is 0.0187. The van der Waals surface area contributed by atoms with Crippen LogP contribution in [0, 0.1) is 5.92 Å². The Hall–Kier alpha value is -1.26. The molecule has 0 aliphatic rings. The molecule has 1 aromatic carbocycles. The van der Waals surface area contributed by atoms with Crippen molar-refractivity contribution in [1.82, 2.24) is 4.90 Å². The Labute approximate surface area is 121 Å². The quantitative estimate of drug-likeness (QED) is 0.667. The lowest BCUT2D eigenvalue weighted by atomic mass is 10.1. The second-order valence-corrected chi connectivity index (χ2v) is 4.97. The molecule has 0 radical (unpaired) electrons. The largest absolute Gasteiger partial charge is 0.459 e. The number of nitrogens with two attached hydrogens (primary N) is 1. The zero-order valence-corrected chi connectivity index (χ0v) is 12.7. The van der Waals surface area contributed by atoms with Crippen LogP contribution in [0.3, 0.4) is 0 Å². The Morgan fingerprint density at radius 2 is 1.79 bits per heavy atom. The smallest absolute Gasteiger partial charge is 0.338 e. The van der Waals surface area contributed by atoms with Crippen LogP contribution in [0.4, 0.5) is 5.69 Å². The third-order valence-electron chi connectivity index (χ3n) is 2.89. The molecule has 0 aliphatic carbocycles. The summed E-state index contributed by atoms with van der Waals surface area (Å²) in [6.45, 7) is 4.88. The summed E-state index contributed by atoms with van der Waals surface area (Å²) in [6.07, 6.45) is -0.113. The first-order chi connectivity index (χ1) is 8.40. The Morgan fingerprint density at radius 3 is 2.26 bits per heavy atom. The van der Waals surface area contributed by atoms with E-state index in [-0.39, 0.29) is 30.4 Å². The van der Waals surface area contributed by atoms with Gasteiger partial charge in [0.2, 0.25) is 0 Å². The molecule has 4 nitrogen and oxygen atoms in total. The monoisotopic (exact) mass is 286 g/mol. The van der Waals surface area contributed by atoms with Gasteiger partial charge in [-0.3, -0.25) is 0 Å². The summed E-state index contributed by atoms with van der Waals surface area (Å²) in [7, 11) is 4.01. The number of ether oxygens (including phenoxy) is 1. The molecule has 0 fully saturated rings. The molecule has 1 aromatic rings. The molecule has 2 atom stereocenters. The van der Waals surface area contributed by atoms with E-state index in [1.165, 1.54) is 0 Å². The number of nitrogens with zero attached hydrogens (tertiary/aromatic N) is 1. The van der Waals surface area contributed by atoms with Gasteiger partial charge in [-0.1, -0.05) is 6.92 Å². The van der Waals surface area contributed by atoms with Crippen molar-refractivity contribution in [3.05, 3.63) is 29.8 Å². The number of hydrogen-bond acceptors (Lipinski definition) is 4. The van der Waals surface area contributed by atoms with E-state index in [4.69, 9.17) is 10.5 Å². The lowest BCUT2D eigenvalue weighted by Gasteiger charge is -2.23. The molecular weight excluding hydrogens is 264 g/mol. The first kappa shape index (κ1) is 17.7. The normalized spacial score (nSPS) is 13.5. The van der Waals surface area contributed by atoms with Crippen molar-refractivity contribution in [1.29, 1.82) is 0 Å². The van der Waals surface area contributed by atoms with Crippen LogP contribution in [-0.4, -0.2) is 37.6 Å². The topological polar surface area (TPSA) is 55.6 Å². The molecule has 0 saturated carbocycles. The fourth-order valence-corrected chi connectivity index (χ4v) is 1.70. The Balaban J connectivity index is 0.00000324. The van der Waals surface area contributed by atoms with E-state index >= 15 is 0 Å². The maximum Gasteiger partial charge on any atom is 0.338 e. The van der Waals surface area contributed by atoms with Gasteiger partial charge in [-0.05, 0) is 45.3 Å². The van der Waals surface area contributed by atoms with E-state index in [0.717, 1.165) is 6.54 Å². The van der Waals surface area contributed by atoms with Gasteiger partial charge in [0, 0.05) is 18.2 Å². The Bertz CT molecular complexity index is 393. The van der Waals surface area contributed by atoms with Crippen LogP contribution >= 0.6 is 12.4 Å². The summed E-state index contributed by atoms with van der Waals surface area (Å²) in [5, 5.41) is 0. The molecule has 5 heteroatoms. The molecular formula is C14H23ClN2O2. The highest BCUT2D eigenvalue weighted by Gasteiger charge is 2.18. The first-order valence-corrected chi connectivity index (χ1v) is 6.11. The van der Waals surface area contributed by atoms with Gasteiger partial charge in [-0.2, -0.15) is 0 Å². The van der Waals surface area contributed by atoms with Crippen LogP contribution in [0.1, 0.15) is 24.2 Å². The lowest BCUT2D eigenvalue weighted by Crippen LogP contribution is -2.30. The molecule has 1 rings (SSSR count). The van der Waals surface area contributed by atoms with E-state index in [1.807, 2.05) is 21.0 Å². The number of carbonyl (C=O) groups is 1. The number of anilines is 1. The molecule has 19 heavy (non-hydrogen) atoms. The number of nitrogen functional groups attached to an aromatic ring is 1. The number of rotatable bonds is 5. The van der Waals surface area contributed by atoms with E-state index in [2.05, 4.69) is 11.8 Å². The summed E-state index contributed by atoms with van der Waals surface area (Å²) < 4.78 is 5.43. The third kappa shape index (κ3) is 5.94. The van der Waals surface area contributed by atoms with Gasteiger partial charge >= 0.3 is 5.97 Å². The van der Waals surface area contributed by atoms with Gasteiger partial charge in [0.15, 0.2) is 0 Å². The van der Waals surface area contributed by atoms with Crippen LogP contribution in [0.5, 0.6) is 0 Å².